The lowest BCUT2D eigenvalue weighted by Gasteiger charge is -2.27. The molecule has 1 aliphatic heterocycles. The van der Waals surface area contributed by atoms with Gasteiger partial charge in [0.2, 0.25) is 5.88 Å². The van der Waals surface area contributed by atoms with Crippen LogP contribution in [-0.2, 0) is 0 Å². The molecule has 4 rings (SSSR count). The first-order chi connectivity index (χ1) is 16.0. The van der Waals surface area contributed by atoms with E-state index in [0.717, 1.165) is 11.1 Å². The van der Waals surface area contributed by atoms with Crippen molar-refractivity contribution in [1.82, 2.24) is 0 Å². The molecular formula is C25H22N2O5S. The highest BCUT2D eigenvalue weighted by molar-refractivity contribution is 7.12. The zero-order valence-electron chi connectivity index (χ0n) is 18.2. The van der Waals surface area contributed by atoms with Gasteiger partial charge in [-0.1, -0.05) is 18.2 Å². The van der Waals surface area contributed by atoms with Crippen LogP contribution < -0.4 is 24.7 Å². The number of nitrogens with zero attached hydrogens (tertiary/aromatic N) is 1. The van der Waals surface area contributed by atoms with Gasteiger partial charge < -0.3 is 24.7 Å². The normalized spacial score (nSPS) is 14.6. The molecule has 2 N–H and O–H groups in total. The minimum absolute atomic E-state index is 0.00331. The molecule has 33 heavy (non-hydrogen) atoms. The summed E-state index contributed by atoms with van der Waals surface area (Å²) in [6, 6.07) is 16.3. The van der Waals surface area contributed by atoms with Crippen LogP contribution in [0, 0.1) is 11.3 Å². The second-order valence-corrected chi connectivity index (χ2v) is 8.01. The number of rotatable bonds is 7. The molecule has 168 valence electrons. The Hall–Kier alpha value is -3.96. The number of benzene rings is 2. The van der Waals surface area contributed by atoms with Gasteiger partial charge in [0, 0.05) is 11.6 Å². The van der Waals surface area contributed by atoms with Gasteiger partial charge in [-0.3, -0.25) is 0 Å². The van der Waals surface area contributed by atoms with Crippen LogP contribution in [0.1, 0.15) is 40.6 Å². The van der Waals surface area contributed by atoms with E-state index in [-0.39, 0.29) is 11.5 Å². The number of carbonyl (C=O) groups excluding carboxylic acids is 1. The Kier molecular flexibility index (Phi) is 6.52. The van der Waals surface area contributed by atoms with E-state index in [0.29, 0.717) is 41.1 Å². The molecule has 0 aliphatic carbocycles. The highest BCUT2D eigenvalue weighted by Gasteiger charge is 2.32. The molecule has 0 fully saturated rings. The quantitative estimate of drug-likeness (QED) is 0.390. The molecule has 7 nitrogen and oxygen atoms in total. The molecule has 0 bridgehead atoms. The highest BCUT2D eigenvalue weighted by Crippen LogP contribution is 2.45. The van der Waals surface area contributed by atoms with Crippen LogP contribution in [0.3, 0.4) is 0 Å². The first-order valence-corrected chi connectivity index (χ1v) is 11.3. The number of nitrogens with two attached hydrogens (primary N) is 1. The number of allylic oxidation sites excluding steroid dienone is 1. The summed E-state index contributed by atoms with van der Waals surface area (Å²) >= 11 is 1.30. The van der Waals surface area contributed by atoms with E-state index in [1.807, 2.05) is 32.0 Å². The van der Waals surface area contributed by atoms with Crippen LogP contribution in [-0.4, -0.2) is 19.2 Å². The Bertz CT molecular complexity index is 1240. The van der Waals surface area contributed by atoms with Gasteiger partial charge in [-0.05, 0) is 49.1 Å². The van der Waals surface area contributed by atoms with Crippen LogP contribution in [0.4, 0.5) is 0 Å². The number of esters is 1. The minimum Gasteiger partial charge on any atom is -0.490 e. The number of hydrogen-bond acceptors (Lipinski definition) is 8. The largest absolute Gasteiger partial charge is 0.490 e. The van der Waals surface area contributed by atoms with E-state index in [9.17, 15) is 10.1 Å². The van der Waals surface area contributed by atoms with Gasteiger partial charge in [0.15, 0.2) is 11.5 Å². The van der Waals surface area contributed by atoms with Gasteiger partial charge in [-0.2, -0.15) is 5.26 Å². The third kappa shape index (κ3) is 4.49. The van der Waals surface area contributed by atoms with Gasteiger partial charge in [0.25, 0.3) is 0 Å². The summed E-state index contributed by atoms with van der Waals surface area (Å²) in [4.78, 5) is 12.8. The van der Waals surface area contributed by atoms with Crippen LogP contribution in [0.25, 0.3) is 0 Å². The predicted molar refractivity (Wildman–Crippen MR) is 124 cm³/mol. The lowest BCUT2D eigenvalue weighted by Crippen LogP contribution is -2.21. The smallest absolute Gasteiger partial charge is 0.353 e. The number of thiophene rings is 1. The fraction of sp³-hybridized carbons (Fsp3) is 0.200. The van der Waals surface area contributed by atoms with Crippen LogP contribution in [0.15, 0.2) is 65.4 Å². The van der Waals surface area contributed by atoms with E-state index < -0.39 is 11.9 Å². The van der Waals surface area contributed by atoms with Crippen molar-refractivity contribution in [3.63, 3.8) is 0 Å². The molecule has 1 unspecified atom stereocenters. The molecule has 1 atom stereocenters. The molecule has 0 saturated heterocycles. The molecule has 1 aromatic heterocycles. The summed E-state index contributed by atoms with van der Waals surface area (Å²) in [6.07, 6.45) is 0. The number of carbonyl (C=O) groups is 1. The van der Waals surface area contributed by atoms with Crippen molar-refractivity contribution in [1.29, 1.82) is 5.26 Å². The maximum Gasteiger partial charge on any atom is 0.353 e. The van der Waals surface area contributed by atoms with Crippen molar-refractivity contribution in [2.24, 2.45) is 5.73 Å². The number of hydrogen-bond donors (Lipinski definition) is 1. The standard InChI is InChI=1S/C25H22N2O5S/c1-3-29-19-10-7-15(12-21(19)30-4-2)23-17-9-8-16(31-25(28)22-6-5-11-33-22)13-20(17)32-24(27)18(23)14-26/h5-13,23H,3-4,27H2,1-2H3. The van der Waals surface area contributed by atoms with E-state index in [4.69, 9.17) is 24.7 Å². The SMILES string of the molecule is CCOc1ccc(C2C(C#N)=C(N)Oc3cc(OC(=O)c4cccs4)ccc32)cc1OCC. The van der Waals surface area contributed by atoms with Crippen molar-refractivity contribution in [3.05, 3.63) is 81.4 Å². The molecule has 0 spiro atoms. The third-order valence-electron chi connectivity index (χ3n) is 5.02. The monoisotopic (exact) mass is 462 g/mol. The average molecular weight is 463 g/mol. The lowest BCUT2D eigenvalue weighted by molar-refractivity contribution is 0.0739. The molecule has 0 radical (unpaired) electrons. The van der Waals surface area contributed by atoms with Gasteiger partial charge in [0.05, 0.1) is 19.1 Å². The zero-order valence-corrected chi connectivity index (χ0v) is 19.0. The summed E-state index contributed by atoms with van der Waals surface area (Å²) in [7, 11) is 0. The number of fused-ring (bicyclic) bond motifs is 1. The molecule has 2 aromatic carbocycles. The second kappa shape index (κ2) is 9.67. The van der Waals surface area contributed by atoms with E-state index >= 15 is 0 Å². The minimum atomic E-state index is -0.476. The second-order valence-electron chi connectivity index (χ2n) is 7.06. The summed E-state index contributed by atoms with van der Waals surface area (Å²) < 4.78 is 22.6. The number of nitriles is 1. The van der Waals surface area contributed by atoms with Gasteiger partial charge in [-0.25, -0.2) is 4.79 Å². The van der Waals surface area contributed by atoms with E-state index in [2.05, 4.69) is 6.07 Å². The van der Waals surface area contributed by atoms with Gasteiger partial charge in [-0.15, -0.1) is 11.3 Å². The Morgan fingerprint density at radius 1 is 1.12 bits per heavy atom. The predicted octanol–water partition coefficient (Wildman–Crippen LogP) is 4.98. The van der Waals surface area contributed by atoms with Crippen molar-refractivity contribution in [2.45, 2.75) is 19.8 Å². The fourth-order valence-electron chi connectivity index (χ4n) is 3.64. The molecule has 8 heteroatoms. The van der Waals surface area contributed by atoms with Crippen LogP contribution in [0.5, 0.6) is 23.0 Å². The van der Waals surface area contributed by atoms with Crippen molar-refractivity contribution in [2.75, 3.05) is 13.2 Å². The maximum atomic E-state index is 12.3. The summed E-state index contributed by atoms with van der Waals surface area (Å²) in [5, 5.41) is 11.6. The Labute approximate surface area is 195 Å². The van der Waals surface area contributed by atoms with E-state index in [1.165, 1.54) is 11.3 Å². The lowest BCUT2D eigenvalue weighted by atomic mass is 9.83. The van der Waals surface area contributed by atoms with E-state index in [1.54, 1.807) is 35.7 Å². The summed E-state index contributed by atoms with van der Waals surface area (Å²) in [5.41, 5.74) is 7.92. The highest BCUT2D eigenvalue weighted by atomic mass is 32.1. The average Bonchev–Trinajstić information content (AvgIpc) is 3.35. The van der Waals surface area contributed by atoms with Gasteiger partial charge >= 0.3 is 5.97 Å². The van der Waals surface area contributed by atoms with Crippen LogP contribution in [0.2, 0.25) is 0 Å². The van der Waals surface area contributed by atoms with Gasteiger partial charge in [0.1, 0.15) is 28.0 Å². The number of ether oxygens (including phenoxy) is 4. The zero-order chi connectivity index (χ0) is 23.4. The van der Waals surface area contributed by atoms with Crippen molar-refractivity contribution in [3.8, 4) is 29.1 Å². The Morgan fingerprint density at radius 3 is 2.61 bits per heavy atom. The Morgan fingerprint density at radius 2 is 1.91 bits per heavy atom. The third-order valence-corrected chi connectivity index (χ3v) is 5.87. The first kappa shape index (κ1) is 22.2. The molecular weight excluding hydrogens is 440 g/mol. The summed E-state index contributed by atoms with van der Waals surface area (Å²) in [6.45, 7) is 4.76. The molecule has 3 aromatic rings. The summed E-state index contributed by atoms with van der Waals surface area (Å²) in [5.74, 6) is 1.02. The molecule has 0 saturated carbocycles. The Balaban J connectivity index is 1.73. The van der Waals surface area contributed by atoms with Crippen LogP contribution >= 0.6 is 11.3 Å². The van der Waals surface area contributed by atoms with Crippen molar-refractivity contribution >= 4 is 17.3 Å². The first-order valence-electron chi connectivity index (χ1n) is 10.4. The van der Waals surface area contributed by atoms with Crippen molar-refractivity contribution < 1.29 is 23.7 Å². The topological polar surface area (TPSA) is 104 Å². The fourth-order valence-corrected chi connectivity index (χ4v) is 4.24. The molecule has 0 amide bonds. The molecule has 1 aliphatic rings. The maximum absolute atomic E-state index is 12.3. The molecule has 2 heterocycles.